The molecule has 3 heterocycles. The quantitative estimate of drug-likeness (QED) is 0.809. The Bertz CT molecular complexity index is 743. The van der Waals surface area contributed by atoms with E-state index < -0.39 is 0 Å². The highest BCUT2D eigenvalue weighted by molar-refractivity contribution is 5.79. The van der Waals surface area contributed by atoms with Gasteiger partial charge in [-0.15, -0.1) is 0 Å². The van der Waals surface area contributed by atoms with Crippen LogP contribution in [0.5, 0.6) is 0 Å². The number of amides is 1. The molecule has 1 amide bonds. The van der Waals surface area contributed by atoms with Gasteiger partial charge in [0.2, 0.25) is 5.91 Å². The van der Waals surface area contributed by atoms with Gasteiger partial charge in [-0.3, -0.25) is 14.4 Å². The molecule has 2 aliphatic rings. The van der Waals surface area contributed by atoms with E-state index in [1.165, 1.54) is 0 Å². The number of aliphatic hydroxyl groups excluding tert-OH is 1. The number of piperidine rings is 1. The average molecular weight is 372 g/mol. The van der Waals surface area contributed by atoms with Crippen molar-refractivity contribution in [2.75, 3.05) is 13.1 Å². The molecule has 2 N–H and O–H groups in total. The minimum atomic E-state index is -0.240. The Morgan fingerprint density at radius 2 is 2.19 bits per heavy atom. The van der Waals surface area contributed by atoms with Crippen LogP contribution < -0.4 is 5.32 Å². The fourth-order valence-electron chi connectivity index (χ4n) is 4.22. The fourth-order valence-corrected chi connectivity index (χ4v) is 4.22. The van der Waals surface area contributed by atoms with Crippen molar-refractivity contribution in [3.05, 3.63) is 42.1 Å². The average Bonchev–Trinajstić information content (AvgIpc) is 3.29. The summed E-state index contributed by atoms with van der Waals surface area (Å²) >= 11 is 0. The number of carbonyl (C=O) groups excluding carboxylic acids is 1. The van der Waals surface area contributed by atoms with Crippen LogP contribution in [0.1, 0.15) is 43.0 Å². The third-order valence-electron chi connectivity index (χ3n) is 5.92. The van der Waals surface area contributed by atoms with Gasteiger partial charge in [0.1, 0.15) is 5.76 Å². The van der Waals surface area contributed by atoms with Crippen LogP contribution in [0.15, 0.2) is 35.2 Å². The molecule has 2 fully saturated rings. The summed E-state index contributed by atoms with van der Waals surface area (Å²) in [6, 6.07) is 3.84. The smallest absolute Gasteiger partial charge is 0.223 e. The molecule has 1 unspecified atom stereocenters. The Balaban J connectivity index is 1.33. The van der Waals surface area contributed by atoms with Crippen LogP contribution in [-0.4, -0.2) is 44.9 Å². The number of aromatic nitrogens is 2. The number of furan rings is 1. The zero-order chi connectivity index (χ0) is 18.8. The molecule has 1 saturated heterocycles. The number of nitrogens with zero attached hydrogens (tertiary/aromatic N) is 3. The van der Waals surface area contributed by atoms with Crippen LogP contribution in [0.3, 0.4) is 0 Å². The molecule has 1 aliphatic carbocycles. The number of likely N-dealkylation sites (tertiary alicyclic amines) is 1. The first kappa shape index (κ1) is 18.3. The summed E-state index contributed by atoms with van der Waals surface area (Å²) in [6.45, 7) is 2.61. The van der Waals surface area contributed by atoms with Crippen LogP contribution in [0.2, 0.25) is 0 Å². The number of aliphatic hydroxyl groups is 1. The van der Waals surface area contributed by atoms with E-state index in [1.807, 2.05) is 31.6 Å². The van der Waals surface area contributed by atoms with Crippen LogP contribution in [0.25, 0.3) is 0 Å². The van der Waals surface area contributed by atoms with E-state index >= 15 is 0 Å². The lowest BCUT2D eigenvalue weighted by atomic mass is 9.75. The van der Waals surface area contributed by atoms with E-state index in [4.69, 9.17) is 4.42 Å². The first-order valence-corrected chi connectivity index (χ1v) is 9.80. The SMILES string of the molecule is Cn1cc(C(NC(=O)C2CCN(Cc3ccco3)CC2)C2CC(O)C2)cn1. The standard InChI is InChI=1S/C20H28N4O3/c1-23-12-16(11-21-23)19(15-9-17(25)10-15)22-20(26)14-4-6-24(7-5-14)13-18-3-2-8-27-18/h2-3,8,11-12,14-15,17,19,25H,4-7,9-10,13H2,1H3,(H,22,26). The number of hydrogen-bond donors (Lipinski definition) is 2. The Morgan fingerprint density at radius 3 is 2.78 bits per heavy atom. The van der Waals surface area contributed by atoms with Gasteiger partial charge in [-0.2, -0.15) is 5.10 Å². The third kappa shape index (κ3) is 4.25. The molecule has 1 aliphatic heterocycles. The molecule has 0 spiro atoms. The van der Waals surface area contributed by atoms with Gasteiger partial charge in [-0.25, -0.2) is 0 Å². The van der Waals surface area contributed by atoms with Crippen molar-refractivity contribution in [1.82, 2.24) is 20.0 Å². The van der Waals surface area contributed by atoms with Crippen molar-refractivity contribution in [2.45, 2.75) is 44.4 Å². The molecule has 7 heteroatoms. The Morgan fingerprint density at radius 1 is 1.41 bits per heavy atom. The molecule has 0 aromatic carbocycles. The summed E-state index contributed by atoms with van der Waals surface area (Å²) in [7, 11) is 1.88. The van der Waals surface area contributed by atoms with Crippen molar-refractivity contribution in [2.24, 2.45) is 18.9 Å². The lowest BCUT2D eigenvalue weighted by Gasteiger charge is -2.39. The van der Waals surface area contributed by atoms with Crippen molar-refractivity contribution < 1.29 is 14.3 Å². The largest absolute Gasteiger partial charge is 0.468 e. The molecule has 146 valence electrons. The lowest BCUT2D eigenvalue weighted by molar-refractivity contribution is -0.128. The van der Waals surface area contributed by atoms with E-state index in [0.29, 0.717) is 0 Å². The number of hydrogen-bond acceptors (Lipinski definition) is 5. The summed E-state index contributed by atoms with van der Waals surface area (Å²) in [4.78, 5) is 15.2. The second-order valence-corrected chi connectivity index (χ2v) is 7.95. The summed E-state index contributed by atoms with van der Waals surface area (Å²) in [5.41, 5.74) is 1.03. The molecule has 2 aromatic rings. The highest BCUT2D eigenvalue weighted by Gasteiger charge is 2.37. The van der Waals surface area contributed by atoms with E-state index in [-0.39, 0.29) is 29.9 Å². The van der Waals surface area contributed by atoms with Gasteiger partial charge in [0.05, 0.1) is 31.2 Å². The summed E-state index contributed by atoms with van der Waals surface area (Å²) in [5.74, 6) is 1.43. The predicted molar refractivity (Wildman–Crippen MR) is 99.5 cm³/mol. The molecule has 1 saturated carbocycles. The minimum absolute atomic E-state index is 0.0435. The molecule has 2 aromatic heterocycles. The zero-order valence-electron chi connectivity index (χ0n) is 15.8. The third-order valence-corrected chi connectivity index (χ3v) is 5.92. The molecular weight excluding hydrogens is 344 g/mol. The molecule has 4 rings (SSSR count). The first-order chi connectivity index (χ1) is 13.1. The predicted octanol–water partition coefficient (Wildman–Crippen LogP) is 1.85. The van der Waals surface area contributed by atoms with E-state index in [9.17, 15) is 9.90 Å². The maximum Gasteiger partial charge on any atom is 0.223 e. The monoisotopic (exact) mass is 372 g/mol. The molecule has 0 radical (unpaired) electrons. The van der Waals surface area contributed by atoms with E-state index in [1.54, 1.807) is 10.9 Å². The van der Waals surface area contributed by atoms with Gasteiger partial charge in [-0.05, 0) is 56.8 Å². The molecule has 1 atom stereocenters. The summed E-state index contributed by atoms with van der Waals surface area (Å²) < 4.78 is 7.18. The lowest BCUT2D eigenvalue weighted by Crippen LogP contribution is -2.45. The van der Waals surface area contributed by atoms with Gasteiger partial charge in [0.15, 0.2) is 0 Å². The van der Waals surface area contributed by atoms with Gasteiger partial charge >= 0.3 is 0 Å². The highest BCUT2D eigenvalue weighted by atomic mass is 16.3. The maximum atomic E-state index is 12.9. The number of nitrogens with one attached hydrogen (secondary N) is 1. The van der Waals surface area contributed by atoms with Gasteiger partial charge < -0.3 is 14.8 Å². The van der Waals surface area contributed by atoms with E-state index in [0.717, 1.165) is 56.6 Å². The van der Waals surface area contributed by atoms with Gasteiger partial charge in [0, 0.05) is 24.7 Å². The van der Waals surface area contributed by atoms with Crippen molar-refractivity contribution in [3.8, 4) is 0 Å². The maximum absolute atomic E-state index is 12.9. The molecule has 7 nitrogen and oxygen atoms in total. The van der Waals surface area contributed by atoms with E-state index in [2.05, 4.69) is 15.3 Å². The van der Waals surface area contributed by atoms with Gasteiger partial charge in [0.25, 0.3) is 0 Å². The number of carbonyl (C=O) groups is 1. The zero-order valence-corrected chi connectivity index (χ0v) is 15.8. The topological polar surface area (TPSA) is 83.5 Å². The molecule has 0 bridgehead atoms. The van der Waals surface area contributed by atoms with Crippen molar-refractivity contribution in [1.29, 1.82) is 0 Å². The van der Waals surface area contributed by atoms with Crippen LogP contribution in [0.4, 0.5) is 0 Å². The summed E-state index contributed by atoms with van der Waals surface area (Å²) in [5, 5.41) is 17.2. The second-order valence-electron chi connectivity index (χ2n) is 7.95. The normalized spacial score (nSPS) is 25.1. The summed E-state index contributed by atoms with van der Waals surface area (Å²) in [6.07, 6.45) is 8.44. The second kappa shape index (κ2) is 7.86. The van der Waals surface area contributed by atoms with Crippen molar-refractivity contribution in [3.63, 3.8) is 0 Å². The molecule has 27 heavy (non-hydrogen) atoms. The van der Waals surface area contributed by atoms with Crippen LogP contribution >= 0.6 is 0 Å². The van der Waals surface area contributed by atoms with Crippen LogP contribution in [-0.2, 0) is 18.4 Å². The Kier molecular flexibility index (Phi) is 5.31. The van der Waals surface area contributed by atoms with Gasteiger partial charge in [-0.1, -0.05) is 0 Å². The Labute approximate surface area is 159 Å². The highest BCUT2D eigenvalue weighted by Crippen LogP contribution is 2.38. The number of aryl methyl sites for hydroxylation is 1. The molecular formula is C20H28N4O3. The number of rotatable bonds is 6. The first-order valence-electron chi connectivity index (χ1n) is 9.80. The Hall–Kier alpha value is -2.12. The van der Waals surface area contributed by atoms with Crippen molar-refractivity contribution >= 4 is 5.91 Å². The fraction of sp³-hybridized carbons (Fsp3) is 0.600. The van der Waals surface area contributed by atoms with Crippen LogP contribution in [0, 0.1) is 11.8 Å². The minimum Gasteiger partial charge on any atom is -0.468 e.